The zero-order chi connectivity index (χ0) is 13.9. The van der Waals surface area contributed by atoms with Crippen LogP contribution in [0.15, 0.2) is 30.5 Å². The van der Waals surface area contributed by atoms with Gasteiger partial charge in [0.25, 0.3) is 0 Å². The van der Waals surface area contributed by atoms with Gasteiger partial charge in [-0.25, -0.2) is 0 Å². The highest BCUT2D eigenvalue weighted by Gasteiger charge is 2.27. The van der Waals surface area contributed by atoms with Gasteiger partial charge in [-0.15, -0.1) is 0 Å². The molecule has 0 aliphatic carbocycles. The number of alkyl halides is 3. The topological polar surface area (TPSA) is 23.4 Å². The van der Waals surface area contributed by atoms with Gasteiger partial charge < -0.3 is 14.0 Å². The summed E-state index contributed by atoms with van der Waals surface area (Å²) in [5.74, 6) is 0.743. The van der Waals surface area contributed by atoms with Gasteiger partial charge in [-0.05, 0) is 18.2 Å². The summed E-state index contributed by atoms with van der Waals surface area (Å²) in [5.41, 5.74) is 0.912. The van der Waals surface area contributed by atoms with Crippen LogP contribution in [-0.4, -0.2) is 31.1 Å². The van der Waals surface area contributed by atoms with Gasteiger partial charge in [0.05, 0.1) is 19.2 Å². The molecule has 6 heteroatoms. The molecule has 0 N–H and O–H groups in total. The van der Waals surface area contributed by atoms with Crippen LogP contribution in [0.5, 0.6) is 5.75 Å². The Bertz CT molecular complexity index is 548. The van der Waals surface area contributed by atoms with Crippen molar-refractivity contribution in [3.8, 4) is 5.75 Å². The van der Waals surface area contributed by atoms with E-state index < -0.39 is 12.8 Å². The molecule has 2 rings (SSSR count). The van der Waals surface area contributed by atoms with Crippen molar-refractivity contribution in [2.45, 2.75) is 12.7 Å². The van der Waals surface area contributed by atoms with Gasteiger partial charge in [-0.2, -0.15) is 13.2 Å². The number of hydrogen-bond donors (Lipinski definition) is 0. The highest BCUT2D eigenvalue weighted by atomic mass is 19.4. The lowest BCUT2D eigenvalue weighted by Crippen LogP contribution is -2.18. The highest BCUT2D eigenvalue weighted by molar-refractivity contribution is 5.86. The summed E-state index contributed by atoms with van der Waals surface area (Å²) >= 11 is 0. The van der Waals surface area contributed by atoms with E-state index in [1.807, 2.05) is 35.0 Å². The summed E-state index contributed by atoms with van der Waals surface area (Å²) in [7, 11) is 1.58. The van der Waals surface area contributed by atoms with Crippen molar-refractivity contribution in [1.29, 1.82) is 0 Å². The number of halogens is 3. The molecule has 1 heterocycles. The molecule has 0 saturated carbocycles. The third kappa shape index (κ3) is 3.41. The van der Waals surface area contributed by atoms with Gasteiger partial charge in [0.2, 0.25) is 0 Å². The molecule has 1 aromatic heterocycles. The summed E-state index contributed by atoms with van der Waals surface area (Å²) in [5, 5.41) is 0.931. The van der Waals surface area contributed by atoms with Crippen molar-refractivity contribution in [3.05, 3.63) is 30.5 Å². The number of rotatable bonds is 5. The van der Waals surface area contributed by atoms with Gasteiger partial charge in [0.1, 0.15) is 12.4 Å². The number of ether oxygens (including phenoxy) is 2. The van der Waals surface area contributed by atoms with Crippen molar-refractivity contribution in [3.63, 3.8) is 0 Å². The standard InChI is InChI=1S/C13H14F3NO2/c1-18-12-4-2-3-11-10(12)5-6-17(11)7-8-19-9-13(14,15)16/h2-6H,7-9H2,1H3. The number of nitrogens with zero attached hydrogens (tertiary/aromatic N) is 1. The smallest absolute Gasteiger partial charge is 0.411 e. The minimum Gasteiger partial charge on any atom is -0.496 e. The molecule has 0 atom stereocenters. The Balaban J connectivity index is 2.02. The van der Waals surface area contributed by atoms with Crippen LogP contribution >= 0.6 is 0 Å². The van der Waals surface area contributed by atoms with Gasteiger partial charge in [0.15, 0.2) is 0 Å². The first-order valence-corrected chi connectivity index (χ1v) is 5.77. The molecule has 0 aliphatic rings. The molecule has 0 radical (unpaired) electrons. The Morgan fingerprint density at radius 1 is 1.21 bits per heavy atom. The molecule has 0 fully saturated rings. The molecular formula is C13H14F3NO2. The molecular weight excluding hydrogens is 259 g/mol. The monoisotopic (exact) mass is 273 g/mol. The summed E-state index contributed by atoms with van der Waals surface area (Å²) in [6, 6.07) is 7.45. The van der Waals surface area contributed by atoms with E-state index in [0.29, 0.717) is 6.54 Å². The maximum Gasteiger partial charge on any atom is 0.411 e. The van der Waals surface area contributed by atoms with Crippen LogP contribution in [0, 0.1) is 0 Å². The molecule has 1 aromatic carbocycles. The van der Waals surface area contributed by atoms with Crippen LogP contribution < -0.4 is 4.74 Å². The summed E-state index contributed by atoms with van der Waals surface area (Å²) in [6.45, 7) is -0.831. The van der Waals surface area contributed by atoms with E-state index in [-0.39, 0.29) is 6.61 Å². The molecule has 0 unspecified atom stereocenters. The SMILES string of the molecule is COc1cccc2c1ccn2CCOCC(F)(F)F. The van der Waals surface area contributed by atoms with Crippen LogP contribution in [0.3, 0.4) is 0 Å². The number of fused-ring (bicyclic) bond motifs is 1. The predicted octanol–water partition coefficient (Wildman–Crippen LogP) is 3.23. The van der Waals surface area contributed by atoms with E-state index in [1.165, 1.54) is 0 Å². The van der Waals surface area contributed by atoms with E-state index >= 15 is 0 Å². The van der Waals surface area contributed by atoms with Gasteiger partial charge >= 0.3 is 6.18 Å². The van der Waals surface area contributed by atoms with Gasteiger partial charge in [-0.3, -0.25) is 0 Å². The molecule has 0 aliphatic heterocycles. The van der Waals surface area contributed by atoms with Crippen LogP contribution in [0.25, 0.3) is 10.9 Å². The van der Waals surface area contributed by atoms with Crippen LogP contribution in [0.1, 0.15) is 0 Å². The van der Waals surface area contributed by atoms with Crippen molar-refractivity contribution in [2.24, 2.45) is 0 Å². The zero-order valence-electron chi connectivity index (χ0n) is 10.4. The fourth-order valence-corrected chi connectivity index (χ4v) is 1.92. The number of aromatic nitrogens is 1. The van der Waals surface area contributed by atoms with Crippen LogP contribution in [-0.2, 0) is 11.3 Å². The summed E-state index contributed by atoms with van der Waals surface area (Å²) < 4.78 is 47.4. The van der Waals surface area contributed by atoms with E-state index in [2.05, 4.69) is 4.74 Å². The van der Waals surface area contributed by atoms with Crippen LogP contribution in [0.4, 0.5) is 13.2 Å². The fraction of sp³-hybridized carbons (Fsp3) is 0.385. The first-order chi connectivity index (χ1) is 9.01. The fourth-order valence-electron chi connectivity index (χ4n) is 1.92. The molecule has 0 amide bonds. The van der Waals surface area contributed by atoms with Gasteiger partial charge in [0, 0.05) is 18.1 Å². The third-order valence-corrected chi connectivity index (χ3v) is 2.74. The van der Waals surface area contributed by atoms with Crippen molar-refractivity contribution in [2.75, 3.05) is 20.3 Å². The van der Waals surface area contributed by atoms with E-state index in [4.69, 9.17) is 4.74 Å². The van der Waals surface area contributed by atoms with Gasteiger partial charge in [-0.1, -0.05) is 6.07 Å². The molecule has 0 saturated heterocycles. The Kier molecular flexibility index (Phi) is 3.99. The van der Waals surface area contributed by atoms with Crippen molar-refractivity contribution >= 4 is 10.9 Å². The quantitative estimate of drug-likeness (QED) is 0.781. The Hall–Kier alpha value is -1.69. The Morgan fingerprint density at radius 3 is 2.68 bits per heavy atom. The number of methoxy groups -OCH3 is 1. The first-order valence-electron chi connectivity index (χ1n) is 5.77. The second-order valence-electron chi connectivity index (χ2n) is 4.07. The minimum absolute atomic E-state index is 0.0144. The molecule has 2 aromatic rings. The maximum atomic E-state index is 11.9. The number of hydrogen-bond acceptors (Lipinski definition) is 2. The second-order valence-corrected chi connectivity index (χ2v) is 4.07. The Labute approximate surface area is 108 Å². The molecule has 19 heavy (non-hydrogen) atoms. The molecule has 0 bridgehead atoms. The average Bonchev–Trinajstić information content (AvgIpc) is 2.76. The minimum atomic E-state index is -4.28. The van der Waals surface area contributed by atoms with Crippen molar-refractivity contribution in [1.82, 2.24) is 4.57 Å². The van der Waals surface area contributed by atoms with E-state index in [0.717, 1.165) is 16.7 Å². The van der Waals surface area contributed by atoms with Crippen LogP contribution in [0.2, 0.25) is 0 Å². The lowest BCUT2D eigenvalue weighted by Gasteiger charge is -2.09. The largest absolute Gasteiger partial charge is 0.496 e. The lowest BCUT2D eigenvalue weighted by molar-refractivity contribution is -0.174. The Morgan fingerprint density at radius 2 is 2.00 bits per heavy atom. The molecule has 3 nitrogen and oxygen atoms in total. The molecule has 104 valence electrons. The summed E-state index contributed by atoms with van der Waals surface area (Å²) in [6.07, 6.45) is -2.47. The first kappa shape index (κ1) is 13.7. The second kappa shape index (κ2) is 5.52. The third-order valence-electron chi connectivity index (χ3n) is 2.74. The lowest BCUT2D eigenvalue weighted by atomic mass is 10.2. The van der Waals surface area contributed by atoms with E-state index in [9.17, 15) is 13.2 Å². The predicted molar refractivity (Wildman–Crippen MR) is 65.4 cm³/mol. The number of benzene rings is 1. The average molecular weight is 273 g/mol. The maximum absolute atomic E-state index is 11.9. The van der Waals surface area contributed by atoms with Crippen molar-refractivity contribution < 1.29 is 22.6 Å². The molecule has 0 spiro atoms. The highest BCUT2D eigenvalue weighted by Crippen LogP contribution is 2.26. The normalized spacial score (nSPS) is 12.0. The zero-order valence-corrected chi connectivity index (χ0v) is 10.4. The van der Waals surface area contributed by atoms with E-state index in [1.54, 1.807) is 7.11 Å². The summed E-state index contributed by atoms with van der Waals surface area (Å²) in [4.78, 5) is 0.